The molecule has 0 radical (unpaired) electrons. The summed E-state index contributed by atoms with van der Waals surface area (Å²) in [5.74, 6) is 0.967. The topological polar surface area (TPSA) is 65.5 Å². The van der Waals surface area contributed by atoms with E-state index in [0.29, 0.717) is 17.5 Å². The molecule has 0 atom stereocenters. The molecular weight excluding hydrogens is 481 g/mol. The molecule has 2 saturated carbocycles. The van der Waals surface area contributed by atoms with Crippen LogP contribution in [0.4, 0.5) is 5.69 Å². The fourth-order valence-electron chi connectivity index (χ4n) is 5.36. The van der Waals surface area contributed by atoms with E-state index in [2.05, 4.69) is 24.3 Å². The van der Waals surface area contributed by atoms with Crippen LogP contribution in [-0.2, 0) is 0 Å². The van der Waals surface area contributed by atoms with Crippen molar-refractivity contribution in [3.8, 4) is 16.9 Å². The fraction of sp³-hybridized carbons (Fsp3) is 0.429. The van der Waals surface area contributed by atoms with E-state index in [1.165, 1.54) is 12.8 Å². The van der Waals surface area contributed by atoms with E-state index in [4.69, 9.17) is 28.2 Å². The molecule has 2 aliphatic rings. The van der Waals surface area contributed by atoms with E-state index in [9.17, 15) is 9.90 Å². The summed E-state index contributed by atoms with van der Waals surface area (Å²) in [7, 11) is 4.27. The average Bonchev–Trinajstić information content (AvgIpc) is 3.68. The minimum absolute atomic E-state index is 0.121. The molecule has 0 aliphatic heterocycles. The van der Waals surface area contributed by atoms with Gasteiger partial charge in [0.15, 0.2) is 12.0 Å². The molecule has 7 heteroatoms. The first-order chi connectivity index (χ1) is 16.8. The van der Waals surface area contributed by atoms with Crippen molar-refractivity contribution in [2.45, 2.75) is 50.5 Å². The number of aldehydes is 1. The summed E-state index contributed by atoms with van der Waals surface area (Å²) in [5.41, 5.74) is 5.07. The number of aromatic nitrogens is 1. The standard InChI is InChI=1S/C28H31Cl2N3O2/c1-33(2)14-16-3-8-20(9-4-16)31-27-21-11-18(19-12-23(29)28(35)24(30)13-19)7-10-25(21)32-26(17-5-6-17)22(27)15-34/h7,10-13,15-17,20,35H,3-6,8-9,14H2,1-2H3,(H,31,32). The van der Waals surface area contributed by atoms with Gasteiger partial charge in [0.25, 0.3) is 0 Å². The third-order valence-corrected chi connectivity index (χ3v) is 7.88. The molecule has 5 rings (SSSR count). The first-order valence-corrected chi connectivity index (χ1v) is 13.1. The van der Waals surface area contributed by atoms with Gasteiger partial charge in [0, 0.05) is 23.9 Å². The number of aromatic hydroxyl groups is 1. The zero-order chi connectivity index (χ0) is 24.7. The number of phenolic OH excluding ortho intramolecular Hbond substituents is 1. The largest absolute Gasteiger partial charge is 0.505 e. The van der Waals surface area contributed by atoms with Crippen LogP contribution < -0.4 is 5.32 Å². The zero-order valence-electron chi connectivity index (χ0n) is 20.2. The van der Waals surface area contributed by atoms with Gasteiger partial charge in [-0.1, -0.05) is 29.3 Å². The lowest BCUT2D eigenvalue weighted by molar-refractivity contribution is 0.112. The number of benzene rings is 2. The summed E-state index contributed by atoms with van der Waals surface area (Å²) in [5, 5.41) is 15.1. The van der Waals surface area contributed by atoms with Crippen LogP contribution >= 0.6 is 23.2 Å². The summed E-state index contributed by atoms with van der Waals surface area (Å²) < 4.78 is 0. The van der Waals surface area contributed by atoms with Crippen LogP contribution in [0.25, 0.3) is 22.0 Å². The Morgan fingerprint density at radius 1 is 1.03 bits per heavy atom. The first-order valence-electron chi connectivity index (χ1n) is 12.4. The molecular formula is C28H31Cl2N3O2. The Hall–Kier alpha value is -2.34. The predicted octanol–water partition coefficient (Wildman–Crippen LogP) is 7.14. The smallest absolute Gasteiger partial charge is 0.154 e. The summed E-state index contributed by atoms with van der Waals surface area (Å²) in [6.07, 6.45) is 7.67. The van der Waals surface area contributed by atoms with Gasteiger partial charge in [0.2, 0.25) is 0 Å². The zero-order valence-corrected chi connectivity index (χ0v) is 21.7. The average molecular weight is 512 g/mol. The maximum atomic E-state index is 12.4. The van der Waals surface area contributed by atoms with Crippen LogP contribution in [0, 0.1) is 5.92 Å². The van der Waals surface area contributed by atoms with Gasteiger partial charge in [-0.25, -0.2) is 0 Å². The van der Waals surface area contributed by atoms with Crippen molar-refractivity contribution in [3.63, 3.8) is 0 Å². The number of halogens is 2. The van der Waals surface area contributed by atoms with E-state index < -0.39 is 0 Å². The van der Waals surface area contributed by atoms with Gasteiger partial charge in [-0.3, -0.25) is 9.78 Å². The summed E-state index contributed by atoms with van der Waals surface area (Å²) >= 11 is 12.4. The van der Waals surface area contributed by atoms with Crippen LogP contribution in [0.1, 0.15) is 60.5 Å². The van der Waals surface area contributed by atoms with E-state index in [0.717, 1.165) is 77.8 Å². The second kappa shape index (κ2) is 9.96. The Morgan fingerprint density at radius 3 is 2.31 bits per heavy atom. The molecule has 0 amide bonds. The Bertz CT molecular complexity index is 1240. The fourth-order valence-corrected chi connectivity index (χ4v) is 5.85. The number of fused-ring (bicyclic) bond motifs is 1. The molecule has 5 nitrogen and oxygen atoms in total. The lowest BCUT2D eigenvalue weighted by Crippen LogP contribution is -2.31. The SMILES string of the molecule is CN(C)CC1CCC(Nc2c(C=O)c(C3CC3)nc3ccc(-c4cc(Cl)c(O)c(Cl)c4)cc23)CC1. The number of anilines is 1. The lowest BCUT2D eigenvalue weighted by Gasteiger charge is -2.32. The third-order valence-electron chi connectivity index (χ3n) is 7.30. The first kappa shape index (κ1) is 24.4. The van der Waals surface area contributed by atoms with Crippen LogP contribution in [-0.4, -0.2) is 48.0 Å². The highest BCUT2D eigenvalue weighted by molar-refractivity contribution is 6.37. The van der Waals surface area contributed by atoms with Crippen molar-refractivity contribution in [1.29, 1.82) is 0 Å². The van der Waals surface area contributed by atoms with Gasteiger partial charge < -0.3 is 15.3 Å². The summed E-state index contributed by atoms with van der Waals surface area (Å²) in [4.78, 5) is 19.6. The molecule has 0 unspecified atom stereocenters. The van der Waals surface area contributed by atoms with Gasteiger partial charge in [-0.15, -0.1) is 0 Å². The number of nitrogens with zero attached hydrogens (tertiary/aromatic N) is 2. The molecule has 1 heterocycles. The van der Waals surface area contributed by atoms with Crippen molar-refractivity contribution in [2.75, 3.05) is 26.0 Å². The maximum absolute atomic E-state index is 12.4. The van der Waals surface area contributed by atoms with Gasteiger partial charge in [0.05, 0.1) is 32.5 Å². The number of hydrogen-bond donors (Lipinski definition) is 2. The van der Waals surface area contributed by atoms with Gasteiger partial charge in [-0.05, 0) is 93.9 Å². The van der Waals surface area contributed by atoms with E-state index in [-0.39, 0.29) is 15.8 Å². The number of nitrogens with one attached hydrogen (secondary N) is 1. The van der Waals surface area contributed by atoms with Crippen molar-refractivity contribution >= 4 is 46.1 Å². The molecule has 0 spiro atoms. The van der Waals surface area contributed by atoms with Gasteiger partial charge in [0.1, 0.15) is 0 Å². The van der Waals surface area contributed by atoms with Gasteiger partial charge in [-0.2, -0.15) is 0 Å². The van der Waals surface area contributed by atoms with Gasteiger partial charge >= 0.3 is 0 Å². The highest BCUT2D eigenvalue weighted by Crippen LogP contribution is 2.45. The van der Waals surface area contributed by atoms with Crippen molar-refractivity contribution in [1.82, 2.24) is 9.88 Å². The Morgan fingerprint density at radius 2 is 1.71 bits per heavy atom. The second-order valence-electron chi connectivity index (χ2n) is 10.3. The Kier molecular flexibility index (Phi) is 6.93. The van der Waals surface area contributed by atoms with Crippen LogP contribution in [0.5, 0.6) is 5.75 Å². The number of carbonyl (C=O) groups is 1. The molecule has 3 aromatic rings. The summed E-state index contributed by atoms with van der Waals surface area (Å²) in [6.45, 7) is 1.12. The lowest BCUT2D eigenvalue weighted by atomic mass is 9.85. The van der Waals surface area contributed by atoms with Crippen LogP contribution in [0.2, 0.25) is 10.0 Å². The molecule has 35 heavy (non-hydrogen) atoms. The number of phenols is 1. The van der Waals surface area contributed by atoms with Crippen LogP contribution in [0.3, 0.4) is 0 Å². The maximum Gasteiger partial charge on any atom is 0.154 e. The van der Waals surface area contributed by atoms with E-state index in [1.54, 1.807) is 12.1 Å². The van der Waals surface area contributed by atoms with Crippen molar-refractivity contribution in [3.05, 3.63) is 51.6 Å². The minimum atomic E-state index is -0.121. The number of pyridine rings is 1. The minimum Gasteiger partial charge on any atom is -0.505 e. The molecule has 0 bridgehead atoms. The summed E-state index contributed by atoms with van der Waals surface area (Å²) in [6, 6.07) is 9.77. The number of carbonyl (C=O) groups excluding carboxylic acids is 1. The normalized spacial score (nSPS) is 20.4. The third kappa shape index (κ3) is 5.13. The highest BCUT2D eigenvalue weighted by Gasteiger charge is 2.31. The molecule has 2 fully saturated rings. The second-order valence-corrected chi connectivity index (χ2v) is 11.1. The Balaban J connectivity index is 1.55. The molecule has 1 aromatic heterocycles. The van der Waals surface area contributed by atoms with Crippen LogP contribution in [0.15, 0.2) is 30.3 Å². The molecule has 184 valence electrons. The molecule has 2 aliphatic carbocycles. The monoisotopic (exact) mass is 511 g/mol. The predicted molar refractivity (Wildman–Crippen MR) is 144 cm³/mol. The van der Waals surface area contributed by atoms with E-state index in [1.807, 2.05) is 18.2 Å². The molecule has 2 aromatic carbocycles. The molecule has 2 N–H and O–H groups in total. The van der Waals surface area contributed by atoms with Crippen molar-refractivity contribution in [2.24, 2.45) is 5.92 Å². The van der Waals surface area contributed by atoms with E-state index >= 15 is 0 Å². The highest BCUT2D eigenvalue weighted by atomic mass is 35.5. The Labute approximate surface area is 216 Å². The quantitative estimate of drug-likeness (QED) is 0.330. The van der Waals surface area contributed by atoms with Crippen molar-refractivity contribution < 1.29 is 9.90 Å². The molecule has 0 saturated heterocycles. The number of rotatable bonds is 7. The number of hydrogen-bond acceptors (Lipinski definition) is 5.